The Kier molecular flexibility index (Phi) is 9.49. The van der Waals surface area contributed by atoms with Crippen molar-refractivity contribution < 1.29 is 19.0 Å². The van der Waals surface area contributed by atoms with Crippen LogP contribution >= 0.6 is 0 Å². The van der Waals surface area contributed by atoms with Gasteiger partial charge in [-0.15, -0.1) is 0 Å². The average Bonchev–Trinajstić information content (AvgIpc) is 2.80. The van der Waals surface area contributed by atoms with Crippen molar-refractivity contribution in [2.24, 2.45) is 0 Å². The van der Waals surface area contributed by atoms with Crippen LogP contribution in [0.4, 0.5) is 0 Å². The summed E-state index contributed by atoms with van der Waals surface area (Å²) >= 11 is 0. The van der Waals surface area contributed by atoms with Crippen molar-refractivity contribution in [3.63, 3.8) is 0 Å². The standard InChI is InChI=1S/C28H43NO4Si/c1-7-29-18-25(33-34(5,6)28(2,3)4)27(32-20-23-16-12-9-13-17-23)26(30)24(29)21-31-19-22-14-10-8-11-15-22/h8-17,24-27,30H,7,18-21H2,1-6H3/t24?,25?,26-,27?/m1/s1. The van der Waals surface area contributed by atoms with E-state index in [9.17, 15) is 5.11 Å². The van der Waals surface area contributed by atoms with Crippen molar-refractivity contribution in [3.8, 4) is 0 Å². The molecule has 3 rings (SSSR count). The molecule has 5 nitrogen and oxygen atoms in total. The number of aliphatic hydroxyl groups excluding tert-OH is 1. The molecule has 1 aliphatic rings. The molecule has 0 amide bonds. The molecule has 0 spiro atoms. The van der Waals surface area contributed by atoms with Crippen LogP contribution in [0.3, 0.4) is 0 Å². The summed E-state index contributed by atoms with van der Waals surface area (Å²) in [6.07, 6.45) is -1.31. The summed E-state index contributed by atoms with van der Waals surface area (Å²) in [5, 5.41) is 11.6. The molecule has 0 bridgehead atoms. The van der Waals surface area contributed by atoms with Gasteiger partial charge in [0.25, 0.3) is 0 Å². The molecule has 1 aliphatic heterocycles. The Morgan fingerprint density at radius 3 is 2.03 bits per heavy atom. The number of benzene rings is 2. The number of likely N-dealkylation sites (N-methyl/N-ethyl adjacent to an activating group) is 1. The minimum atomic E-state index is -2.05. The Bertz CT molecular complexity index is 856. The number of nitrogens with zero attached hydrogens (tertiary/aromatic N) is 1. The van der Waals surface area contributed by atoms with Gasteiger partial charge in [-0.3, -0.25) is 4.90 Å². The summed E-state index contributed by atoms with van der Waals surface area (Å²) in [6, 6.07) is 20.1. The van der Waals surface area contributed by atoms with E-state index in [4.69, 9.17) is 13.9 Å². The van der Waals surface area contributed by atoms with Crippen LogP contribution in [0.5, 0.6) is 0 Å². The summed E-state index contributed by atoms with van der Waals surface area (Å²) in [5.41, 5.74) is 2.22. The van der Waals surface area contributed by atoms with Crippen LogP contribution in [-0.4, -0.2) is 62.4 Å². The lowest BCUT2D eigenvalue weighted by atomic mass is 9.94. The molecule has 0 aliphatic carbocycles. The lowest BCUT2D eigenvalue weighted by Crippen LogP contribution is -2.65. The van der Waals surface area contributed by atoms with Gasteiger partial charge >= 0.3 is 0 Å². The van der Waals surface area contributed by atoms with E-state index >= 15 is 0 Å². The lowest BCUT2D eigenvalue weighted by molar-refractivity contribution is -0.171. The zero-order valence-electron chi connectivity index (χ0n) is 21.7. The van der Waals surface area contributed by atoms with Crippen molar-refractivity contribution >= 4 is 8.32 Å². The van der Waals surface area contributed by atoms with E-state index in [1.807, 2.05) is 36.4 Å². The van der Waals surface area contributed by atoms with E-state index in [2.05, 4.69) is 70.0 Å². The quantitative estimate of drug-likeness (QED) is 0.466. The Morgan fingerprint density at radius 1 is 0.941 bits per heavy atom. The third-order valence-electron chi connectivity index (χ3n) is 7.32. The first-order valence-electron chi connectivity index (χ1n) is 12.5. The minimum absolute atomic E-state index is 0.0780. The fourth-order valence-corrected chi connectivity index (χ4v) is 5.52. The highest BCUT2D eigenvalue weighted by atomic mass is 28.4. The fourth-order valence-electron chi connectivity index (χ4n) is 4.20. The van der Waals surface area contributed by atoms with Crippen LogP contribution < -0.4 is 0 Å². The Labute approximate surface area is 207 Å². The topological polar surface area (TPSA) is 51.2 Å². The maximum absolute atomic E-state index is 11.6. The van der Waals surface area contributed by atoms with Gasteiger partial charge in [-0.25, -0.2) is 0 Å². The number of piperidine rings is 1. The molecule has 2 aromatic carbocycles. The lowest BCUT2D eigenvalue weighted by Gasteiger charge is -2.50. The molecule has 1 heterocycles. The third-order valence-corrected chi connectivity index (χ3v) is 11.8. The number of aliphatic hydroxyl groups is 1. The predicted molar refractivity (Wildman–Crippen MR) is 140 cm³/mol. The molecule has 188 valence electrons. The Balaban J connectivity index is 1.76. The van der Waals surface area contributed by atoms with Gasteiger partial charge in [0.1, 0.15) is 12.2 Å². The van der Waals surface area contributed by atoms with E-state index < -0.39 is 20.5 Å². The zero-order chi connectivity index (χ0) is 24.8. The molecular formula is C28H43NO4Si. The van der Waals surface area contributed by atoms with Gasteiger partial charge in [0.2, 0.25) is 0 Å². The van der Waals surface area contributed by atoms with E-state index in [1.54, 1.807) is 0 Å². The summed E-state index contributed by atoms with van der Waals surface area (Å²) in [4.78, 5) is 2.29. The van der Waals surface area contributed by atoms with Gasteiger partial charge in [-0.1, -0.05) is 88.4 Å². The number of likely N-dealkylation sites (tertiary alicyclic amines) is 1. The van der Waals surface area contributed by atoms with Gasteiger partial charge < -0.3 is 19.0 Å². The molecule has 6 heteroatoms. The number of ether oxygens (including phenoxy) is 2. The number of hydrogen-bond donors (Lipinski definition) is 1. The molecule has 2 aromatic rings. The van der Waals surface area contributed by atoms with Crippen molar-refractivity contribution in [1.29, 1.82) is 0 Å². The molecule has 0 radical (unpaired) electrons. The molecule has 1 fully saturated rings. The SMILES string of the molecule is CCN1CC(O[Si](C)(C)C(C)(C)C)C(OCc2ccccc2)[C@H](O)C1COCc1ccccc1. The third kappa shape index (κ3) is 7.00. The first-order valence-corrected chi connectivity index (χ1v) is 15.4. The second-order valence-corrected chi connectivity index (χ2v) is 15.6. The predicted octanol–water partition coefficient (Wildman–Crippen LogP) is 5.24. The van der Waals surface area contributed by atoms with Gasteiger partial charge in [0, 0.05) is 6.54 Å². The zero-order valence-corrected chi connectivity index (χ0v) is 22.7. The van der Waals surface area contributed by atoms with E-state index in [0.717, 1.165) is 24.2 Å². The highest BCUT2D eigenvalue weighted by Crippen LogP contribution is 2.39. The number of hydrogen-bond acceptors (Lipinski definition) is 5. The molecule has 1 saturated heterocycles. The highest BCUT2D eigenvalue weighted by Gasteiger charge is 2.48. The second-order valence-electron chi connectivity index (χ2n) is 10.8. The monoisotopic (exact) mass is 485 g/mol. The Morgan fingerprint density at radius 2 is 1.50 bits per heavy atom. The summed E-state index contributed by atoms with van der Waals surface area (Å²) < 4.78 is 19.3. The maximum Gasteiger partial charge on any atom is 0.192 e. The van der Waals surface area contributed by atoms with Crippen molar-refractivity contribution in [1.82, 2.24) is 4.90 Å². The second kappa shape index (κ2) is 11.9. The van der Waals surface area contributed by atoms with E-state index in [-0.39, 0.29) is 17.2 Å². The molecule has 1 N–H and O–H groups in total. The Hall–Kier alpha value is -1.54. The van der Waals surface area contributed by atoms with Crippen molar-refractivity contribution in [2.45, 2.75) is 83.4 Å². The van der Waals surface area contributed by atoms with Crippen LogP contribution in [0, 0.1) is 0 Å². The highest BCUT2D eigenvalue weighted by molar-refractivity contribution is 6.74. The smallest absolute Gasteiger partial charge is 0.192 e. The van der Waals surface area contributed by atoms with Gasteiger partial charge in [0.15, 0.2) is 8.32 Å². The molecule has 3 unspecified atom stereocenters. The van der Waals surface area contributed by atoms with Crippen LogP contribution in [-0.2, 0) is 27.1 Å². The van der Waals surface area contributed by atoms with Crippen LogP contribution in [0.15, 0.2) is 60.7 Å². The van der Waals surface area contributed by atoms with E-state index in [1.165, 1.54) is 0 Å². The van der Waals surface area contributed by atoms with Crippen LogP contribution in [0.25, 0.3) is 0 Å². The molecule has 0 aromatic heterocycles. The van der Waals surface area contributed by atoms with Gasteiger partial charge in [0.05, 0.1) is 32.0 Å². The maximum atomic E-state index is 11.6. The molecule has 34 heavy (non-hydrogen) atoms. The summed E-state index contributed by atoms with van der Waals surface area (Å²) in [6.45, 7) is 16.4. The fraction of sp³-hybridized carbons (Fsp3) is 0.571. The summed E-state index contributed by atoms with van der Waals surface area (Å²) in [7, 11) is -2.05. The van der Waals surface area contributed by atoms with Crippen LogP contribution in [0.2, 0.25) is 18.1 Å². The first-order chi connectivity index (χ1) is 16.1. The molecule has 0 saturated carbocycles. The van der Waals surface area contributed by atoms with Gasteiger partial charge in [-0.2, -0.15) is 0 Å². The van der Waals surface area contributed by atoms with Crippen molar-refractivity contribution in [2.75, 3.05) is 19.7 Å². The van der Waals surface area contributed by atoms with Crippen LogP contribution in [0.1, 0.15) is 38.8 Å². The van der Waals surface area contributed by atoms with E-state index in [0.29, 0.717) is 19.8 Å². The molecule has 4 atom stereocenters. The first kappa shape index (κ1) is 27.1. The van der Waals surface area contributed by atoms with Crippen molar-refractivity contribution in [3.05, 3.63) is 71.8 Å². The number of rotatable bonds is 10. The van der Waals surface area contributed by atoms with Gasteiger partial charge in [-0.05, 0) is 35.8 Å². The summed E-state index contributed by atoms with van der Waals surface area (Å²) in [5.74, 6) is 0. The minimum Gasteiger partial charge on any atom is -0.410 e. The molecular weight excluding hydrogens is 442 g/mol. The largest absolute Gasteiger partial charge is 0.410 e. The average molecular weight is 486 g/mol. The normalized spacial score (nSPS) is 24.3.